The van der Waals surface area contributed by atoms with Crippen LogP contribution < -0.4 is 5.48 Å². The minimum Gasteiger partial charge on any atom is -0.478 e. The Morgan fingerprint density at radius 2 is 2.27 bits per heavy atom. The van der Waals surface area contributed by atoms with E-state index in [2.05, 4.69) is 10.3 Å². The first-order valence-corrected chi connectivity index (χ1v) is 5.15. The lowest BCUT2D eigenvalue weighted by Gasteiger charge is -2.07. The molecule has 82 valence electrons. The standard InChI is InChI=1S/C8H9NO5S/c1-9-13-8(12)14-15-4-2-6(3-5-15)7(10)11/h2-5,9H,1H3,(H,10,11). The van der Waals surface area contributed by atoms with Crippen LogP contribution in [0.4, 0.5) is 4.79 Å². The molecule has 0 bridgehead atoms. The molecule has 1 heterocycles. The second-order valence-electron chi connectivity index (χ2n) is 2.33. The SMILES string of the molecule is CNOC(=O)OS1=CC=C(C(=O)O)C=C1. The van der Waals surface area contributed by atoms with E-state index in [0.717, 1.165) is 0 Å². The summed E-state index contributed by atoms with van der Waals surface area (Å²) in [5.74, 6) is -1.02. The highest BCUT2D eigenvalue weighted by molar-refractivity contribution is 8.14. The summed E-state index contributed by atoms with van der Waals surface area (Å²) in [6.07, 6.45) is 1.88. The second-order valence-corrected chi connectivity index (χ2v) is 3.70. The monoisotopic (exact) mass is 231 g/mol. The van der Waals surface area contributed by atoms with Gasteiger partial charge in [-0.3, -0.25) is 0 Å². The smallest absolute Gasteiger partial charge is 0.478 e. The van der Waals surface area contributed by atoms with E-state index in [-0.39, 0.29) is 5.57 Å². The topological polar surface area (TPSA) is 84.9 Å². The third-order valence-corrected chi connectivity index (χ3v) is 2.50. The van der Waals surface area contributed by atoms with Crippen molar-refractivity contribution in [1.29, 1.82) is 0 Å². The van der Waals surface area contributed by atoms with Crippen molar-refractivity contribution >= 4 is 28.3 Å². The number of hydrogen-bond acceptors (Lipinski definition) is 5. The fourth-order valence-corrected chi connectivity index (χ4v) is 1.71. The molecule has 15 heavy (non-hydrogen) atoms. The molecule has 0 aromatic rings. The van der Waals surface area contributed by atoms with Gasteiger partial charge in [-0.05, 0) is 12.2 Å². The summed E-state index contributed by atoms with van der Waals surface area (Å²) in [4.78, 5) is 25.7. The summed E-state index contributed by atoms with van der Waals surface area (Å²) >= 11 is 0. The summed E-state index contributed by atoms with van der Waals surface area (Å²) in [5.41, 5.74) is 2.31. The molecule has 1 atom stereocenters. The molecule has 7 heteroatoms. The molecule has 1 rings (SSSR count). The van der Waals surface area contributed by atoms with Gasteiger partial charge in [0.15, 0.2) is 0 Å². The third-order valence-electron chi connectivity index (χ3n) is 1.36. The zero-order valence-electron chi connectivity index (χ0n) is 7.80. The van der Waals surface area contributed by atoms with Crippen LogP contribution in [0.5, 0.6) is 0 Å². The van der Waals surface area contributed by atoms with Crippen LogP contribution in [0.1, 0.15) is 0 Å². The lowest BCUT2D eigenvalue weighted by molar-refractivity contribution is -0.132. The van der Waals surface area contributed by atoms with Crippen molar-refractivity contribution in [2.75, 3.05) is 7.05 Å². The van der Waals surface area contributed by atoms with Crippen LogP contribution in [0.2, 0.25) is 0 Å². The number of carboxylic acid groups (broad SMARTS) is 1. The van der Waals surface area contributed by atoms with Crippen LogP contribution in [-0.2, 0) is 13.8 Å². The van der Waals surface area contributed by atoms with Gasteiger partial charge in [0.1, 0.15) is 0 Å². The van der Waals surface area contributed by atoms with Gasteiger partial charge in [-0.25, -0.2) is 9.59 Å². The predicted molar refractivity (Wildman–Crippen MR) is 55.1 cm³/mol. The molecule has 1 aliphatic rings. The summed E-state index contributed by atoms with van der Waals surface area (Å²) in [7, 11) is 0.551. The summed E-state index contributed by atoms with van der Waals surface area (Å²) in [6, 6.07) is 0. The Balaban J connectivity index is 2.59. The first kappa shape index (κ1) is 11.5. The summed E-state index contributed by atoms with van der Waals surface area (Å²) in [5, 5.41) is 11.6. The first-order chi connectivity index (χ1) is 7.13. The molecule has 6 nitrogen and oxygen atoms in total. The van der Waals surface area contributed by atoms with Crippen LogP contribution in [0.25, 0.3) is 0 Å². The average Bonchev–Trinajstić information content (AvgIpc) is 2.18. The number of rotatable bonds is 3. The van der Waals surface area contributed by atoms with E-state index >= 15 is 0 Å². The minimum atomic E-state index is -1.02. The van der Waals surface area contributed by atoms with Crippen LogP contribution >= 0.6 is 10.8 Å². The Bertz CT molecular complexity index is 371. The van der Waals surface area contributed by atoms with Gasteiger partial charge >= 0.3 is 12.1 Å². The predicted octanol–water partition coefficient (Wildman–Crippen LogP) is 0.798. The first-order valence-electron chi connectivity index (χ1n) is 3.88. The Morgan fingerprint density at radius 3 is 2.73 bits per heavy atom. The van der Waals surface area contributed by atoms with E-state index in [1.807, 2.05) is 0 Å². The number of aliphatic carboxylic acids is 1. The number of carbonyl (C=O) groups excluding carboxylic acids is 1. The highest BCUT2D eigenvalue weighted by atomic mass is 32.2. The van der Waals surface area contributed by atoms with E-state index in [0.29, 0.717) is 0 Å². The van der Waals surface area contributed by atoms with E-state index in [9.17, 15) is 9.59 Å². The Kier molecular flexibility index (Phi) is 4.07. The maximum Gasteiger partial charge on any atom is 0.540 e. The molecule has 1 aliphatic heterocycles. The Hall–Kier alpha value is -1.60. The van der Waals surface area contributed by atoms with Crippen molar-refractivity contribution in [3.05, 3.63) is 23.1 Å². The second kappa shape index (κ2) is 5.32. The lowest BCUT2D eigenvalue weighted by atomic mass is 10.2. The van der Waals surface area contributed by atoms with Crippen molar-refractivity contribution < 1.29 is 23.7 Å². The molecular formula is C8H9NO5S. The van der Waals surface area contributed by atoms with Crippen molar-refractivity contribution in [1.82, 2.24) is 5.48 Å². The van der Waals surface area contributed by atoms with Gasteiger partial charge in [0.05, 0.1) is 5.57 Å². The van der Waals surface area contributed by atoms with Crippen molar-refractivity contribution in [2.45, 2.75) is 0 Å². The summed E-state index contributed by atoms with van der Waals surface area (Å²) in [6.45, 7) is 0. The number of nitrogens with one attached hydrogen (secondary N) is 1. The Morgan fingerprint density at radius 1 is 1.53 bits per heavy atom. The zero-order valence-corrected chi connectivity index (χ0v) is 8.61. The van der Waals surface area contributed by atoms with E-state index in [1.54, 1.807) is 0 Å². The Labute approximate surface area is 88.3 Å². The van der Waals surface area contributed by atoms with Gasteiger partial charge in [0.25, 0.3) is 0 Å². The van der Waals surface area contributed by atoms with E-state index in [4.69, 9.17) is 9.29 Å². The number of hydrogen-bond donors (Lipinski definition) is 2. The average molecular weight is 231 g/mol. The van der Waals surface area contributed by atoms with Gasteiger partial charge in [-0.1, -0.05) is 0 Å². The highest BCUT2D eigenvalue weighted by Gasteiger charge is 2.09. The van der Waals surface area contributed by atoms with E-state index in [1.165, 1.54) is 30.0 Å². The van der Waals surface area contributed by atoms with Gasteiger partial charge < -0.3 is 14.1 Å². The molecule has 0 saturated carbocycles. The number of carbonyl (C=O) groups is 2. The zero-order chi connectivity index (χ0) is 11.3. The van der Waals surface area contributed by atoms with Gasteiger partial charge in [0.2, 0.25) is 0 Å². The molecule has 0 spiro atoms. The lowest BCUT2D eigenvalue weighted by Crippen LogP contribution is -2.14. The number of hydroxylamine groups is 1. The van der Waals surface area contributed by atoms with Gasteiger partial charge in [-0.2, -0.15) is 5.48 Å². The largest absolute Gasteiger partial charge is 0.540 e. The normalized spacial score (nSPS) is 18.7. The highest BCUT2D eigenvalue weighted by Crippen LogP contribution is 2.21. The quantitative estimate of drug-likeness (QED) is 0.552. The summed E-state index contributed by atoms with van der Waals surface area (Å²) < 4.78 is 4.78. The third kappa shape index (κ3) is 3.56. The minimum absolute atomic E-state index is 0.143. The fraction of sp³-hybridized carbons (Fsp3) is 0.125. The van der Waals surface area contributed by atoms with Crippen molar-refractivity contribution in [2.24, 2.45) is 0 Å². The molecule has 0 radical (unpaired) electrons. The van der Waals surface area contributed by atoms with Crippen molar-refractivity contribution in [3.8, 4) is 0 Å². The number of carboxylic acids is 1. The fourth-order valence-electron chi connectivity index (χ4n) is 0.759. The maximum absolute atomic E-state index is 10.8. The molecule has 2 N–H and O–H groups in total. The molecule has 0 aromatic carbocycles. The molecule has 0 amide bonds. The molecule has 0 aromatic heterocycles. The number of allylic oxidation sites excluding steroid dienone is 1. The molecule has 0 aliphatic carbocycles. The molecular weight excluding hydrogens is 222 g/mol. The molecule has 1 unspecified atom stereocenters. The van der Waals surface area contributed by atoms with Crippen LogP contribution in [0.3, 0.4) is 0 Å². The van der Waals surface area contributed by atoms with Gasteiger partial charge in [0, 0.05) is 28.6 Å². The van der Waals surface area contributed by atoms with Crippen molar-refractivity contribution in [3.63, 3.8) is 0 Å². The molecule has 0 fully saturated rings. The van der Waals surface area contributed by atoms with E-state index < -0.39 is 22.9 Å². The van der Waals surface area contributed by atoms with Gasteiger partial charge in [-0.15, -0.1) is 0 Å². The molecule has 0 saturated heterocycles. The maximum atomic E-state index is 10.8. The van der Waals surface area contributed by atoms with Crippen LogP contribution in [-0.4, -0.2) is 29.6 Å². The van der Waals surface area contributed by atoms with Crippen LogP contribution in [0.15, 0.2) is 23.1 Å². The van der Waals surface area contributed by atoms with Crippen LogP contribution in [0, 0.1) is 0 Å².